The van der Waals surface area contributed by atoms with Gasteiger partial charge in [0, 0.05) is 57.3 Å². The Morgan fingerprint density at radius 3 is 2.58 bits per heavy atom. The lowest BCUT2D eigenvalue weighted by Gasteiger charge is -2.30. The minimum absolute atomic E-state index is 0.0522. The molecular weight excluding hydrogens is 318 g/mol. The Balaban J connectivity index is 1.87. The van der Waals surface area contributed by atoms with E-state index in [0.717, 1.165) is 44.1 Å². The van der Waals surface area contributed by atoms with Gasteiger partial charge in [-0.2, -0.15) is 0 Å². The smallest absolute Gasteiger partial charge is 0.115 e. The van der Waals surface area contributed by atoms with Crippen LogP contribution in [-0.4, -0.2) is 47.1 Å². The van der Waals surface area contributed by atoms with Gasteiger partial charge >= 0.3 is 0 Å². The molecule has 0 amide bonds. The van der Waals surface area contributed by atoms with E-state index in [1.165, 1.54) is 11.2 Å². The van der Waals surface area contributed by atoms with Crippen molar-refractivity contribution in [2.75, 3.05) is 37.5 Å². The summed E-state index contributed by atoms with van der Waals surface area (Å²) in [4.78, 5) is 4.95. The molecule has 5 nitrogen and oxygen atoms in total. The maximum absolute atomic E-state index is 4.95. The lowest BCUT2D eigenvalue weighted by molar-refractivity contribution is 0.396. The summed E-state index contributed by atoms with van der Waals surface area (Å²) in [5.41, 5.74) is 3.57. The van der Waals surface area contributed by atoms with Crippen molar-refractivity contribution >= 4 is 28.9 Å². The van der Waals surface area contributed by atoms with Gasteiger partial charge in [-0.15, -0.1) is 0 Å². The third-order valence-corrected chi connectivity index (χ3v) is 5.45. The number of fused-ring (bicyclic) bond motifs is 1. The Labute approximate surface area is 149 Å². The van der Waals surface area contributed by atoms with Crippen LogP contribution >= 0.6 is 12.1 Å². The molecule has 0 bridgehead atoms. The second-order valence-corrected chi connectivity index (χ2v) is 8.59. The van der Waals surface area contributed by atoms with Crippen molar-refractivity contribution < 1.29 is 0 Å². The van der Waals surface area contributed by atoms with E-state index in [-0.39, 0.29) is 5.41 Å². The standard InChI is InChI=1S/C18H29N5S/c1-6-23-16-8-7-14(13-15(16)20-17(23)18(2,3)4)21(5)24-22-11-9-19-10-12-22/h7-8,13,19H,6,9-12H2,1-5H3. The zero-order valence-electron chi connectivity index (χ0n) is 15.5. The fourth-order valence-electron chi connectivity index (χ4n) is 3.15. The minimum Gasteiger partial charge on any atom is -0.328 e. The van der Waals surface area contributed by atoms with E-state index in [2.05, 4.69) is 71.4 Å². The quantitative estimate of drug-likeness (QED) is 0.859. The molecule has 0 aliphatic carbocycles. The van der Waals surface area contributed by atoms with Gasteiger partial charge in [-0.25, -0.2) is 9.29 Å². The summed E-state index contributed by atoms with van der Waals surface area (Å²) in [6.07, 6.45) is 0. The van der Waals surface area contributed by atoms with Crippen molar-refractivity contribution in [2.45, 2.75) is 39.7 Å². The van der Waals surface area contributed by atoms with Gasteiger partial charge < -0.3 is 14.2 Å². The van der Waals surface area contributed by atoms with Gasteiger partial charge in [-0.05, 0) is 25.1 Å². The van der Waals surface area contributed by atoms with E-state index < -0.39 is 0 Å². The predicted octanol–water partition coefficient (Wildman–Crippen LogP) is 3.26. The van der Waals surface area contributed by atoms with Crippen LogP contribution in [0.25, 0.3) is 11.0 Å². The third kappa shape index (κ3) is 3.55. The number of nitrogens with zero attached hydrogens (tertiary/aromatic N) is 4. The number of hydrogen-bond donors (Lipinski definition) is 1. The molecule has 2 aromatic rings. The fourth-order valence-corrected chi connectivity index (χ4v) is 4.05. The summed E-state index contributed by atoms with van der Waals surface area (Å²) >= 11 is 1.80. The summed E-state index contributed by atoms with van der Waals surface area (Å²) in [5.74, 6) is 1.16. The number of hydrogen-bond acceptors (Lipinski definition) is 5. The summed E-state index contributed by atoms with van der Waals surface area (Å²) in [7, 11) is 2.13. The van der Waals surface area contributed by atoms with Crippen LogP contribution in [-0.2, 0) is 12.0 Å². The molecule has 0 saturated carbocycles. The van der Waals surface area contributed by atoms with E-state index in [1.54, 1.807) is 12.1 Å². The Kier molecular flexibility index (Phi) is 5.08. The van der Waals surface area contributed by atoms with Crippen LogP contribution in [0, 0.1) is 0 Å². The molecule has 1 aliphatic rings. The van der Waals surface area contributed by atoms with Crippen molar-refractivity contribution in [3.63, 3.8) is 0 Å². The van der Waals surface area contributed by atoms with E-state index >= 15 is 0 Å². The van der Waals surface area contributed by atoms with Gasteiger partial charge in [-0.3, -0.25) is 0 Å². The molecule has 132 valence electrons. The van der Waals surface area contributed by atoms with E-state index in [1.807, 2.05) is 0 Å². The normalized spacial score (nSPS) is 16.7. The van der Waals surface area contributed by atoms with Gasteiger partial charge in [0.1, 0.15) is 5.82 Å². The Hall–Kier alpha value is -1.24. The third-order valence-electron chi connectivity index (χ3n) is 4.40. The SMILES string of the molecule is CCn1c(C(C)(C)C)nc2cc(N(C)SN3CCNCC3)ccc21. The van der Waals surface area contributed by atoms with Crippen LogP contribution in [0.3, 0.4) is 0 Å². The van der Waals surface area contributed by atoms with Gasteiger partial charge in [0.25, 0.3) is 0 Å². The molecule has 2 heterocycles. The molecule has 24 heavy (non-hydrogen) atoms. The first kappa shape index (κ1) is 17.6. The largest absolute Gasteiger partial charge is 0.328 e. The molecule has 1 aromatic heterocycles. The van der Waals surface area contributed by atoms with Crippen molar-refractivity contribution in [2.24, 2.45) is 0 Å². The zero-order valence-corrected chi connectivity index (χ0v) is 16.3. The highest BCUT2D eigenvalue weighted by Crippen LogP contribution is 2.30. The van der Waals surface area contributed by atoms with Crippen LogP contribution in [0.15, 0.2) is 18.2 Å². The summed E-state index contributed by atoms with van der Waals surface area (Å²) in [6, 6.07) is 6.63. The molecule has 1 aliphatic heterocycles. The number of benzene rings is 1. The topological polar surface area (TPSA) is 36.3 Å². The molecule has 0 spiro atoms. The second kappa shape index (κ2) is 6.94. The van der Waals surface area contributed by atoms with Gasteiger partial charge in [0.05, 0.1) is 16.7 Å². The van der Waals surface area contributed by atoms with Gasteiger partial charge in [-0.1, -0.05) is 20.8 Å². The van der Waals surface area contributed by atoms with Crippen LogP contribution < -0.4 is 9.62 Å². The zero-order chi connectivity index (χ0) is 17.3. The maximum Gasteiger partial charge on any atom is 0.115 e. The van der Waals surface area contributed by atoms with Crippen molar-refractivity contribution in [1.29, 1.82) is 0 Å². The average Bonchev–Trinajstić information content (AvgIpc) is 2.93. The molecule has 6 heteroatoms. The van der Waals surface area contributed by atoms with Gasteiger partial charge in [0.15, 0.2) is 0 Å². The molecule has 0 atom stereocenters. The van der Waals surface area contributed by atoms with Crippen LogP contribution in [0.5, 0.6) is 0 Å². The van der Waals surface area contributed by atoms with E-state index in [0.29, 0.717) is 0 Å². The molecule has 1 saturated heterocycles. The number of rotatable bonds is 4. The van der Waals surface area contributed by atoms with Crippen LogP contribution in [0.1, 0.15) is 33.5 Å². The number of aromatic nitrogens is 2. The second-order valence-electron chi connectivity index (χ2n) is 7.36. The molecule has 0 radical (unpaired) electrons. The lowest BCUT2D eigenvalue weighted by Crippen LogP contribution is -2.41. The molecule has 1 aromatic carbocycles. The number of piperazine rings is 1. The van der Waals surface area contributed by atoms with Crippen molar-refractivity contribution in [3.8, 4) is 0 Å². The highest BCUT2D eigenvalue weighted by molar-refractivity contribution is 7.98. The van der Waals surface area contributed by atoms with Crippen molar-refractivity contribution in [1.82, 2.24) is 19.2 Å². The lowest BCUT2D eigenvalue weighted by atomic mass is 9.96. The average molecular weight is 348 g/mol. The van der Waals surface area contributed by atoms with Gasteiger partial charge in [0.2, 0.25) is 0 Å². The number of aryl methyl sites for hydroxylation is 1. The Morgan fingerprint density at radius 1 is 1.25 bits per heavy atom. The maximum atomic E-state index is 4.95. The number of anilines is 1. The first-order valence-electron chi connectivity index (χ1n) is 8.78. The summed E-state index contributed by atoms with van der Waals surface area (Å²) in [6.45, 7) is 14.1. The monoisotopic (exact) mass is 347 g/mol. The van der Waals surface area contributed by atoms with Crippen LogP contribution in [0.2, 0.25) is 0 Å². The molecule has 0 unspecified atom stereocenters. The minimum atomic E-state index is 0.0522. The highest BCUT2D eigenvalue weighted by atomic mass is 32.2. The fraction of sp³-hybridized carbons (Fsp3) is 0.611. The molecule has 1 N–H and O–H groups in total. The molecule has 1 fully saturated rings. The first-order valence-corrected chi connectivity index (χ1v) is 9.51. The summed E-state index contributed by atoms with van der Waals surface area (Å²) in [5, 5.41) is 3.40. The highest BCUT2D eigenvalue weighted by Gasteiger charge is 2.22. The summed E-state index contributed by atoms with van der Waals surface area (Å²) < 4.78 is 6.99. The van der Waals surface area contributed by atoms with E-state index in [9.17, 15) is 0 Å². The number of nitrogens with one attached hydrogen (secondary N) is 1. The first-order chi connectivity index (χ1) is 11.4. The number of imidazole rings is 1. The molecule has 3 rings (SSSR count). The Bertz CT molecular complexity index is 697. The molecular formula is C18H29N5S. The van der Waals surface area contributed by atoms with Crippen molar-refractivity contribution in [3.05, 3.63) is 24.0 Å². The van der Waals surface area contributed by atoms with E-state index in [4.69, 9.17) is 4.98 Å². The Morgan fingerprint density at radius 2 is 1.96 bits per heavy atom. The predicted molar refractivity (Wildman–Crippen MR) is 105 cm³/mol. The van der Waals surface area contributed by atoms with Crippen LogP contribution in [0.4, 0.5) is 5.69 Å².